The van der Waals surface area contributed by atoms with Crippen molar-refractivity contribution in [2.75, 3.05) is 0 Å². The summed E-state index contributed by atoms with van der Waals surface area (Å²) in [4.78, 5) is 10.2. The van der Waals surface area contributed by atoms with Crippen LogP contribution in [-0.4, -0.2) is 16.5 Å². The zero-order valence-electron chi connectivity index (χ0n) is 6.61. The van der Waals surface area contributed by atoms with Gasteiger partial charge in [-0.25, -0.2) is 0 Å². The number of benzene rings is 1. The standard InChI is InChI=1S/C9H9O3/c1-6(5-10)7-2-3-8(11)9(12)4-7/h2-4,6,11-12H,1H3. The highest BCUT2D eigenvalue weighted by Gasteiger charge is 2.07. The molecule has 3 nitrogen and oxygen atoms in total. The first kappa shape index (κ1) is 8.59. The molecule has 2 N–H and O–H groups in total. The average Bonchev–Trinajstić information content (AvgIpc) is 2.08. The molecule has 1 aromatic carbocycles. The van der Waals surface area contributed by atoms with E-state index in [-0.39, 0.29) is 17.4 Å². The van der Waals surface area contributed by atoms with Crippen molar-refractivity contribution < 1.29 is 15.0 Å². The third-order valence-corrected chi connectivity index (χ3v) is 1.68. The predicted molar refractivity (Wildman–Crippen MR) is 43.9 cm³/mol. The molecule has 0 saturated carbocycles. The first-order chi connectivity index (χ1) is 5.65. The molecule has 3 heteroatoms. The lowest BCUT2D eigenvalue weighted by atomic mass is 10.0. The van der Waals surface area contributed by atoms with Gasteiger partial charge in [0.2, 0.25) is 6.29 Å². The predicted octanol–water partition coefficient (Wildman–Crippen LogP) is 1.31. The molecule has 0 spiro atoms. The molecule has 0 saturated heterocycles. The molecular formula is C9H9O3. The third-order valence-electron chi connectivity index (χ3n) is 1.68. The number of carbonyl (C=O) groups excluding carboxylic acids is 1. The fraction of sp³-hybridized carbons (Fsp3) is 0.222. The molecule has 1 unspecified atom stereocenters. The van der Waals surface area contributed by atoms with Crippen LogP contribution in [0, 0.1) is 0 Å². The van der Waals surface area contributed by atoms with Crippen LogP contribution in [0.25, 0.3) is 0 Å². The highest BCUT2D eigenvalue weighted by atomic mass is 16.3. The number of hydrogen-bond acceptors (Lipinski definition) is 3. The topological polar surface area (TPSA) is 57.5 Å². The monoisotopic (exact) mass is 165 g/mol. The Kier molecular flexibility index (Phi) is 2.33. The van der Waals surface area contributed by atoms with E-state index in [0.29, 0.717) is 5.56 Å². The molecule has 1 aromatic rings. The lowest BCUT2D eigenvalue weighted by Gasteiger charge is -2.04. The average molecular weight is 165 g/mol. The Hall–Kier alpha value is -1.51. The molecule has 1 rings (SSSR count). The zero-order chi connectivity index (χ0) is 9.14. The minimum atomic E-state index is -0.378. The van der Waals surface area contributed by atoms with Crippen LogP contribution in [0.1, 0.15) is 18.4 Å². The zero-order valence-corrected chi connectivity index (χ0v) is 6.61. The second kappa shape index (κ2) is 3.26. The van der Waals surface area contributed by atoms with Crippen LogP contribution in [0.5, 0.6) is 11.5 Å². The molecule has 0 heterocycles. The molecule has 0 fully saturated rings. The molecule has 63 valence electrons. The molecule has 12 heavy (non-hydrogen) atoms. The van der Waals surface area contributed by atoms with Crippen LogP contribution in [0.2, 0.25) is 0 Å². The first-order valence-corrected chi connectivity index (χ1v) is 3.54. The Morgan fingerprint density at radius 2 is 2.00 bits per heavy atom. The first-order valence-electron chi connectivity index (χ1n) is 3.54. The Bertz CT molecular complexity index is 294. The van der Waals surface area contributed by atoms with Gasteiger partial charge in [0.15, 0.2) is 11.5 Å². The summed E-state index contributed by atoms with van der Waals surface area (Å²) in [6.07, 6.45) is 1.79. The second-order valence-corrected chi connectivity index (χ2v) is 2.59. The van der Waals surface area contributed by atoms with Gasteiger partial charge in [0, 0.05) is 5.92 Å². The minimum absolute atomic E-state index is 0.183. The van der Waals surface area contributed by atoms with Gasteiger partial charge in [0.25, 0.3) is 0 Å². The smallest absolute Gasteiger partial charge is 0.206 e. The molecule has 1 radical (unpaired) electrons. The van der Waals surface area contributed by atoms with Crippen LogP contribution in [0.4, 0.5) is 0 Å². The molecule has 0 aliphatic heterocycles. The van der Waals surface area contributed by atoms with Crippen molar-refractivity contribution in [3.8, 4) is 11.5 Å². The summed E-state index contributed by atoms with van der Waals surface area (Å²) >= 11 is 0. The van der Waals surface area contributed by atoms with Crippen LogP contribution < -0.4 is 0 Å². The summed E-state index contributed by atoms with van der Waals surface area (Å²) in [5.41, 5.74) is 0.639. The van der Waals surface area contributed by atoms with E-state index in [0.717, 1.165) is 0 Å². The van der Waals surface area contributed by atoms with Crippen LogP contribution >= 0.6 is 0 Å². The maximum Gasteiger partial charge on any atom is 0.206 e. The molecule has 0 aliphatic carbocycles. The minimum Gasteiger partial charge on any atom is -0.504 e. The van der Waals surface area contributed by atoms with E-state index in [9.17, 15) is 4.79 Å². The van der Waals surface area contributed by atoms with E-state index < -0.39 is 0 Å². The lowest BCUT2D eigenvalue weighted by Crippen LogP contribution is -1.92. The van der Waals surface area contributed by atoms with E-state index in [1.54, 1.807) is 19.3 Å². The number of hydrogen-bond donors (Lipinski definition) is 2. The van der Waals surface area contributed by atoms with E-state index in [4.69, 9.17) is 10.2 Å². The van der Waals surface area contributed by atoms with Gasteiger partial charge in [-0.05, 0) is 17.7 Å². The lowest BCUT2D eigenvalue weighted by molar-refractivity contribution is 0.403. The third kappa shape index (κ3) is 1.56. The van der Waals surface area contributed by atoms with Gasteiger partial charge in [-0.2, -0.15) is 0 Å². The van der Waals surface area contributed by atoms with Gasteiger partial charge in [-0.3, -0.25) is 4.79 Å². The summed E-state index contributed by atoms with van der Waals surface area (Å²) in [7, 11) is 0. The second-order valence-electron chi connectivity index (χ2n) is 2.59. The molecule has 0 bridgehead atoms. The van der Waals surface area contributed by atoms with E-state index in [1.807, 2.05) is 0 Å². The van der Waals surface area contributed by atoms with Crippen LogP contribution in [-0.2, 0) is 4.79 Å². The number of rotatable bonds is 2. The summed E-state index contributed by atoms with van der Waals surface area (Å²) in [5.74, 6) is -0.775. The maximum atomic E-state index is 10.2. The van der Waals surface area contributed by atoms with Gasteiger partial charge in [-0.1, -0.05) is 13.0 Å². The Balaban J connectivity index is 3.04. The van der Waals surface area contributed by atoms with E-state index >= 15 is 0 Å². The van der Waals surface area contributed by atoms with Crippen molar-refractivity contribution in [2.45, 2.75) is 12.8 Å². The Morgan fingerprint density at radius 1 is 1.33 bits per heavy atom. The fourth-order valence-corrected chi connectivity index (χ4v) is 0.878. The SMILES string of the molecule is CC([C]=O)c1ccc(O)c(O)c1. The summed E-state index contributed by atoms with van der Waals surface area (Å²) in [6.45, 7) is 1.67. The van der Waals surface area contributed by atoms with E-state index in [1.165, 1.54) is 12.1 Å². The highest BCUT2D eigenvalue weighted by molar-refractivity contribution is 5.63. The van der Waals surface area contributed by atoms with Crippen molar-refractivity contribution in [1.29, 1.82) is 0 Å². The van der Waals surface area contributed by atoms with Crippen molar-refractivity contribution >= 4 is 6.29 Å². The molecule has 0 aromatic heterocycles. The number of phenolic OH excluding ortho intramolecular Hbond substituents is 2. The van der Waals surface area contributed by atoms with Crippen LogP contribution in [0.15, 0.2) is 18.2 Å². The summed E-state index contributed by atoms with van der Waals surface area (Å²) in [5, 5.41) is 18.0. The van der Waals surface area contributed by atoms with Crippen molar-refractivity contribution in [1.82, 2.24) is 0 Å². The molecule has 0 aliphatic rings. The Labute approximate surface area is 70.3 Å². The molecular weight excluding hydrogens is 156 g/mol. The normalized spacial score (nSPS) is 12.4. The van der Waals surface area contributed by atoms with Crippen molar-refractivity contribution in [3.05, 3.63) is 23.8 Å². The van der Waals surface area contributed by atoms with E-state index in [2.05, 4.69) is 0 Å². The Morgan fingerprint density at radius 3 is 2.50 bits per heavy atom. The van der Waals surface area contributed by atoms with Crippen LogP contribution in [0.3, 0.4) is 0 Å². The molecule has 0 amide bonds. The number of aromatic hydroxyl groups is 2. The quantitative estimate of drug-likeness (QED) is 0.649. The number of phenols is 2. The fourth-order valence-electron chi connectivity index (χ4n) is 0.878. The summed E-state index contributed by atoms with van der Waals surface area (Å²) in [6, 6.07) is 4.27. The van der Waals surface area contributed by atoms with Crippen molar-refractivity contribution in [2.24, 2.45) is 0 Å². The summed E-state index contributed by atoms with van der Waals surface area (Å²) < 4.78 is 0. The van der Waals surface area contributed by atoms with Gasteiger partial charge in [0.1, 0.15) is 0 Å². The molecule has 1 atom stereocenters. The van der Waals surface area contributed by atoms with Crippen molar-refractivity contribution in [3.63, 3.8) is 0 Å². The van der Waals surface area contributed by atoms with Gasteiger partial charge >= 0.3 is 0 Å². The largest absolute Gasteiger partial charge is 0.504 e. The highest BCUT2D eigenvalue weighted by Crippen LogP contribution is 2.27. The van der Waals surface area contributed by atoms with Gasteiger partial charge in [-0.15, -0.1) is 0 Å². The maximum absolute atomic E-state index is 10.2. The van der Waals surface area contributed by atoms with Gasteiger partial charge < -0.3 is 10.2 Å². The van der Waals surface area contributed by atoms with Gasteiger partial charge in [0.05, 0.1) is 0 Å².